The van der Waals surface area contributed by atoms with Gasteiger partial charge in [-0.1, -0.05) is 71.3 Å². The van der Waals surface area contributed by atoms with E-state index in [1.165, 1.54) is 12.1 Å². The average Bonchev–Trinajstić information content (AvgIpc) is 3.69. The molecule has 4 aromatic rings. The van der Waals surface area contributed by atoms with Gasteiger partial charge in [-0.25, -0.2) is 23.5 Å². The van der Waals surface area contributed by atoms with Crippen LogP contribution in [-0.4, -0.2) is 26.9 Å². The second kappa shape index (κ2) is 10.6. The summed E-state index contributed by atoms with van der Waals surface area (Å²) in [5, 5.41) is 18.9. The molecule has 10 heteroatoms. The van der Waals surface area contributed by atoms with Crippen LogP contribution < -0.4 is 5.17 Å². The summed E-state index contributed by atoms with van der Waals surface area (Å²) >= 11 is 6.29. The molecule has 0 unspecified atom stereocenters. The lowest BCUT2D eigenvalue weighted by atomic mass is 9.92. The fourth-order valence-electron chi connectivity index (χ4n) is 4.49. The van der Waals surface area contributed by atoms with E-state index in [0.29, 0.717) is 15.8 Å². The number of benzene rings is 3. The van der Waals surface area contributed by atoms with Crippen molar-refractivity contribution in [3.8, 4) is 16.8 Å². The molecule has 3 aromatic carbocycles. The first-order valence-corrected chi connectivity index (χ1v) is 12.3. The highest BCUT2D eigenvalue weighted by molar-refractivity contribution is 6.31. The van der Waals surface area contributed by atoms with E-state index < -0.39 is 17.9 Å². The van der Waals surface area contributed by atoms with Gasteiger partial charge in [0.15, 0.2) is 5.82 Å². The summed E-state index contributed by atoms with van der Waals surface area (Å²) in [4.78, 5) is 29.6. The zero-order chi connectivity index (χ0) is 26.8. The Kier molecular flexibility index (Phi) is 7.07. The van der Waals surface area contributed by atoms with Crippen LogP contribution in [-0.2, 0) is 9.63 Å². The highest BCUT2D eigenvalue weighted by atomic mass is 35.5. The molecule has 1 heterocycles. The molecule has 1 N–H and O–H groups in total. The fraction of sp³-hybridized carbons (Fsp3) is 0.179. The number of carboxylic acids is 1. The fourth-order valence-corrected chi connectivity index (χ4v) is 4.78. The van der Waals surface area contributed by atoms with Crippen LogP contribution in [0.4, 0.5) is 10.2 Å². The quantitative estimate of drug-likeness (QED) is 0.147. The van der Waals surface area contributed by atoms with Crippen molar-refractivity contribution in [3.05, 3.63) is 100 Å². The van der Waals surface area contributed by atoms with E-state index in [1.807, 2.05) is 30.3 Å². The summed E-state index contributed by atoms with van der Waals surface area (Å²) in [5.41, 5.74) is 3.08. The van der Waals surface area contributed by atoms with Crippen LogP contribution in [0.5, 0.6) is 0 Å². The number of aromatic nitrogens is 2. The first-order chi connectivity index (χ1) is 18.4. The van der Waals surface area contributed by atoms with E-state index in [2.05, 4.69) is 10.2 Å². The van der Waals surface area contributed by atoms with Gasteiger partial charge in [-0.05, 0) is 54.5 Å². The Morgan fingerprint density at radius 1 is 1.18 bits per heavy atom. The largest absolute Gasteiger partial charge is 0.478 e. The molecule has 1 aliphatic carbocycles. The van der Waals surface area contributed by atoms with E-state index in [1.54, 1.807) is 37.3 Å². The molecule has 1 atom stereocenters. The number of anilines is 1. The monoisotopic (exact) mass is 532 g/mol. The zero-order valence-electron chi connectivity index (χ0n) is 20.2. The van der Waals surface area contributed by atoms with Gasteiger partial charge in [0.05, 0.1) is 17.4 Å². The second-order valence-electron chi connectivity index (χ2n) is 8.83. The first-order valence-electron chi connectivity index (χ1n) is 11.9. The lowest BCUT2D eigenvalue weighted by Crippen LogP contribution is -2.24. The number of carbonyl (C=O) groups excluding carboxylic acids is 1. The number of nitrogens with zero attached hydrogens (tertiary/aromatic N) is 4. The SMILES string of the molecule is C[C@@H](ON(N=C=O)c1c(F)cnn1-c1c(C(=O)O)ccc(-c2ccccc2)c1C1CC1)c1ccccc1Cl. The van der Waals surface area contributed by atoms with E-state index in [9.17, 15) is 14.7 Å². The molecule has 5 rings (SSSR count). The molecule has 0 bridgehead atoms. The summed E-state index contributed by atoms with van der Waals surface area (Å²) in [6.07, 6.45) is 3.21. The maximum atomic E-state index is 15.3. The zero-order valence-corrected chi connectivity index (χ0v) is 21.0. The van der Waals surface area contributed by atoms with Gasteiger partial charge in [0.25, 0.3) is 6.08 Å². The van der Waals surface area contributed by atoms with Crippen molar-refractivity contribution < 1.29 is 23.9 Å². The normalized spacial score (nSPS) is 13.6. The summed E-state index contributed by atoms with van der Waals surface area (Å²) in [6, 6.07) is 19.6. The van der Waals surface area contributed by atoms with E-state index in [-0.39, 0.29) is 23.0 Å². The van der Waals surface area contributed by atoms with Gasteiger partial charge in [0.2, 0.25) is 5.82 Å². The first kappa shape index (κ1) is 25.4. The molecule has 1 aromatic heterocycles. The number of hydrazone groups is 1. The average molecular weight is 533 g/mol. The molecule has 1 fully saturated rings. The lowest BCUT2D eigenvalue weighted by Gasteiger charge is -2.24. The van der Waals surface area contributed by atoms with Gasteiger partial charge in [0.1, 0.15) is 6.10 Å². The van der Waals surface area contributed by atoms with Crippen molar-refractivity contribution in [3.63, 3.8) is 0 Å². The molecule has 0 saturated heterocycles. The van der Waals surface area contributed by atoms with E-state index in [0.717, 1.165) is 40.4 Å². The van der Waals surface area contributed by atoms with E-state index >= 15 is 4.39 Å². The molecule has 0 radical (unpaired) electrons. The van der Waals surface area contributed by atoms with Crippen molar-refractivity contribution in [1.29, 1.82) is 0 Å². The third-order valence-corrected chi connectivity index (χ3v) is 6.69. The van der Waals surface area contributed by atoms with Crippen molar-refractivity contribution >= 4 is 29.5 Å². The highest BCUT2D eigenvalue weighted by Gasteiger charge is 2.35. The van der Waals surface area contributed by atoms with Crippen molar-refractivity contribution in [2.24, 2.45) is 5.10 Å². The van der Waals surface area contributed by atoms with Gasteiger partial charge >= 0.3 is 5.97 Å². The minimum Gasteiger partial charge on any atom is -0.478 e. The van der Waals surface area contributed by atoms with Crippen molar-refractivity contribution in [1.82, 2.24) is 9.78 Å². The van der Waals surface area contributed by atoms with Crippen LogP contribution in [0.2, 0.25) is 5.02 Å². The molecular weight excluding hydrogens is 511 g/mol. The van der Waals surface area contributed by atoms with Crippen molar-refractivity contribution in [2.75, 3.05) is 5.17 Å². The van der Waals surface area contributed by atoms with Crippen LogP contribution in [0.15, 0.2) is 78.0 Å². The number of hydrogen-bond donors (Lipinski definition) is 1. The molecule has 0 spiro atoms. The maximum absolute atomic E-state index is 15.3. The summed E-state index contributed by atoms with van der Waals surface area (Å²) in [7, 11) is 0. The number of isocyanates is 1. The Morgan fingerprint density at radius 2 is 1.89 bits per heavy atom. The smallest absolute Gasteiger partial charge is 0.337 e. The molecule has 38 heavy (non-hydrogen) atoms. The standard InChI is InChI=1S/C28H22ClFN4O4/c1-17(20-9-5-6-10-23(20)29)38-34(32-16-35)27-24(30)15-31-33(27)26-22(28(36)37)14-13-21(25(26)19-11-12-19)18-7-3-2-4-8-18/h2-10,13-15,17,19H,11-12H2,1H3,(H,36,37)/t17-/m1/s1. The third kappa shape index (κ3) is 4.82. The molecule has 0 amide bonds. The molecule has 192 valence electrons. The minimum atomic E-state index is -1.21. The number of hydrogen-bond acceptors (Lipinski definition) is 6. The van der Waals surface area contributed by atoms with Crippen LogP contribution >= 0.6 is 11.6 Å². The summed E-state index contributed by atoms with van der Waals surface area (Å²) in [5.74, 6) is -2.41. The lowest BCUT2D eigenvalue weighted by molar-refractivity contribution is 0.0411. The summed E-state index contributed by atoms with van der Waals surface area (Å²) in [6.45, 7) is 1.65. The molecule has 8 nitrogen and oxygen atoms in total. The van der Waals surface area contributed by atoms with Gasteiger partial charge in [-0.3, -0.25) is 0 Å². The van der Waals surface area contributed by atoms with Crippen molar-refractivity contribution in [2.45, 2.75) is 31.8 Å². The van der Waals surface area contributed by atoms with Gasteiger partial charge in [-0.15, -0.1) is 5.17 Å². The minimum absolute atomic E-state index is 0.0469. The van der Waals surface area contributed by atoms with Gasteiger partial charge in [0, 0.05) is 10.6 Å². The summed E-state index contributed by atoms with van der Waals surface area (Å²) < 4.78 is 16.5. The maximum Gasteiger partial charge on any atom is 0.337 e. The number of carbonyl (C=O) groups is 1. The van der Waals surface area contributed by atoms with Crippen LogP contribution in [0, 0.1) is 5.82 Å². The Bertz CT molecular complexity index is 1550. The number of rotatable bonds is 9. The Labute approximate surface area is 222 Å². The topological polar surface area (TPSA) is 97.0 Å². The molecular formula is C28H22ClFN4O4. The second-order valence-corrected chi connectivity index (χ2v) is 9.24. The van der Waals surface area contributed by atoms with E-state index in [4.69, 9.17) is 16.4 Å². The van der Waals surface area contributed by atoms with Crippen LogP contribution in [0.1, 0.15) is 53.3 Å². The van der Waals surface area contributed by atoms with Crippen LogP contribution in [0.25, 0.3) is 16.8 Å². The van der Waals surface area contributed by atoms with Gasteiger partial charge in [-0.2, -0.15) is 5.10 Å². The third-order valence-electron chi connectivity index (χ3n) is 6.34. The Hall–Kier alpha value is -4.30. The number of halogens is 2. The van der Waals surface area contributed by atoms with Crippen LogP contribution in [0.3, 0.4) is 0 Å². The number of carboxylic acid groups (broad SMARTS) is 1. The Balaban J connectivity index is 1.70. The highest BCUT2D eigenvalue weighted by Crippen LogP contribution is 2.49. The predicted octanol–water partition coefficient (Wildman–Crippen LogP) is 6.66. The predicted molar refractivity (Wildman–Crippen MR) is 139 cm³/mol. The molecule has 1 aliphatic rings. The van der Waals surface area contributed by atoms with Gasteiger partial charge < -0.3 is 5.11 Å². The Morgan fingerprint density at radius 3 is 2.55 bits per heavy atom. The number of aromatic carboxylic acids is 1. The molecule has 1 saturated carbocycles. The molecule has 0 aliphatic heterocycles.